The fourth-order valence-electron chi connectivity index (χ4n) is 2.73. The van der Waals surface area contributed by atoms with Gasteiger partial charge in [-0.15, -0.1) is 0 Å². The molecule has 1 fully saturated rings. The lowest BCUT2D eigenvalue weighted by Crippen LogP contribution is -2.46. The van der Waals surface area contributed by atoms with Crippen LogP contribution >= 0.6 is 15.9 Å². The summed E-state index contributed by atoms with van der Waals surface area (Å²) in [6.45, 7) is 14.3. The van der Waals surface area contributed by atoms with Gasteiger partial charge in [0.25, 0.3) is 0 Å². The topological polar surface area (TPSA) is 6.48 Å². The summed E-state index contributed by atoms with van der Waals surface area (Å²) in [7, 11) is 2.31. The smallest absolute Gasteiger partial charge is 0.0117 e. The second-order valence-electron chi connectivity index (χ2n) is 6.82. The summed E-state index contributed by atoms with van der Waals surface area (Å²) < 4.78 is 0. The molecule has 1 unspecified atom stereocenters. The molecule has 0 saturated carbocycles. The Kier molecular flexibility index (Phi) is 6.63. The van der Waals surface area contributed by atoms with Crippen molar-refractivity contribution in [3.63, 3.8) is 0 Å². The van der Waals surface area contributed by atoms with E-state index in [-0.39, 0.29) is 0 Å². The monoisotopic (exact) mass is 318 g/mol. The van der Waals surface area contributed by atoms with Crippen LogP contribution in [0.4, 0.5) is 0 Å². The highest BCUT2D eigenvalue weighted by Gasteiger charge is 2.28. The van der Waals surface area contributed by atoms with Gasteiger partial charge >= 0.3 is 0 Å². The van der Waals surface area contributed by atoms with E-state index in [1.54, 1.807) is 0 Å². The predicted molar refractivity (Wildman–Crippen MR) is 84.5 cm³/mol. The van der Waals surface area contributed by atoms with Gasteiger partial charge in [-0.05, 0) is 50.9 Å². The first kappa shape index (κ1) is 16.5. The third-order valence-electron chi connectivity index (χ3n) is 4.55. The molecule has 0 N–H and O–H groups in total. The summed E-state index contributed by atoms with van der Waals surface area (Å²) in [4.78, 5) is 5.17. The molecular weight excluding hydrogens is 288 g/mol. The van der Waals surface area contributed by atoms with Crippen molar-refractivity contribution in [3.05, 3.63) is 0 Å². The van der Waals surface area contributed by atoms with E-state index in [0.29, 0.717) is 5.41 Å². The molecule has 1 atom stereocenters. The number of nitrogens with zero attached hydrogens (tertiary/aromatic N) is 2. The van der Waals surface area contributed by atoms with Crippen LogP contribution in [0, 0.1) is 11.3 Å². The molecule has 0 aromatic carbocycles. The molecular formula is C15H31BrN2. The van der Waals surface area contributed by atoms with E-state index in [0.717, 1.165) is 17.3 Å². The molecule has 0 amide bonds. The van der Waals surface area contributed by atoms with E-state index in [4.69, 9.17) is 0 Å². The average Bonchev–Trinajstić information content (AvgIpc) is 2.34. The molecule has 0 spiro atoms. The number of rotatable bonds is 5. The second-order valence-corrected chi connectivity index (χ2v) is 7.47. The van der Waals surface area contributed by atoms with Crippen LogP contribution in [-0.2, 0) is 0 Å². The maximum atomic E-state index is 3.69. The van der Waals surface area contributed by atoms with Gasteiger partial charge in [0.2, 0.25) is 0 Å². The van der Waals surface area contributed by atoms with Crippen LogP contribution < -0.4 is 0 Å². The van der Waals surface area contributed by atoms with Gasteiger partial charge in [-0.1, -0.05) is 43.6 Å². The first-order valence-corrected chi connectivity index (χ1v) is 8.49. The van der Waals surface area contributed by atoms with Gasteiger partial charge in [-0.3, -0.25) is 0 Å². The number of halogens is 1. The molecule has 1 aliphatic heterocycles. The number of hydrogen-bond acceptors (Lipinski definition) is 2. The largest absolute Gasteiger partial charge is 0.303 e. The highest BCUT2D eigenvalue weighted by molar-refractivity contribution is 9.09. The number of alkyl halides is 1. The van der Waals surface area contributed by atoms with Crippen LogP contribution in [0.5, 0.6) is 0 Å². The minimum absolute atomic E-state index is 0.391. The number of likely N-dealkylation sites (tertiary alicyclic amines) is 1. The third-order valence-corrected chi connectivity index (χ3v) is 5.33. The molecule has 0 aromatic rings. The Morgan fingerprint density at radius 1 is 1.28 bits per heavy atom. The predicted octanol–water partition coefficient (Wildman–Crippen LogP) is 3.46. The van der Waals surface area contributed by atoms with E-state index in [2.05, 4.69) is 60.5 Å². The quantitative estimate of drug-likeness (QED) is 0.716. The van der Waals surface area contributed by atoms with Crippen molar-refractivity contribution in [1.29, 1.82) is 0 Å². The Balaban J connectivity index is 2.43. The van der Waals surface area contributed by atoms with Gasteiger partial charge in [0.15, 0.2) is 0 Å². The van der Waals surface area contributed by atoms with Gasteiger partial charge in [0, 0.05) is 17.9 Å². The van der Waals surface area contributed by atoms with Gasteiger partial charge in [0.1, 0.15) is 0 Å². The zero-order valence-corrected chi connectivity index (χ0v) is 14.5. The molecule has 1 rings (SSSR count). The molecule has 108 valence electrons. The van der Waals surface area contributed by atoms with Crippen molar-refractivity contribution in [2.24, 2.45) is 11.3 Å². The fourth-order valence-corrected chi connectivity index (χ4v) is 3.90. The molecule has 0 radical (unpaired) electrons. The highest BCUT2D eigenvalue weighted by atomic mass is 79.9. The van der Waals surface area contributed by atoms with Crippen molar-refractivity contribution >= 4 is 15.9 Å². The number of hydrogen-bond donors (Lipinski definition) is 0. The van der Waals surface area contributed by atoms with E-state index in [1.165, 1.54) is 39.0 Å². The van der Waals surface area contributed by atoms with Crippen LogP contribution in [0.1, 0.15) is 40.5 Å². The minimum atomic E-state index is 0.391. The van der Waals surface area contributed by atoms with Crippen LogP contribution in [0.15, 0.2) is 0 Å². The first-order chi connectivity index (χ1) is 8.38. The highest BCUT2D eigenvalue weighted by Crippen LogP contribution is 2.29. The summed E-state index contributed by atoms with van der Waals surface area (Å²) >= 11 is 3.69. The lowest BCUT2D eigenvalue weighted by atomic mass is 9.81. The van der Waals surface area contributed by atoms with E-state index >= 15 is 0 Å². The molecule has 1 heterocycles. The number of piperidine rings is 1. The molecule has 1 saturated heterocycles. The van der Waals surface area contributed by atoms with Crippen LogP contribution in [0.2, 0.25) is 0 Å². The van der Waals surface area contributed by atoms with Gasteiger partial charge in [-0.2, -0.15) is 0 Å². The molecule has 0 bridgehead atoms. The zero-order valence-electron chi connectivity index (χ0n) is 12.9. The first-order valence-electron chi connectivity index (χ1n) is 7.37. The summed E-state index contributed by atoms with van der Waals surface area (Å²) in [5.74, 6) is 0.728. The second kappa shape index (κ2) is 7.25. The Hall–Kier alpha value is 0.400. The van der Waals surface area contributed by atoms with Crippen LogP contribution in [0.3, 0.4) is 0 Å². The van der Waals surface area contributed by atoms with Crippen LogP contribution in [-0.4, -0.2) is 54.4 Å². The summed E-state index contributed by atoms with van der Waals surface area (Å²) in [6, 6.07) is 0.789. The van der Waals surface area contributed by atoms with Crippen LogP contribution in [0.25, 0.3) is 0 Å². The third kappa shape index (κ3) is 4.82. The lowest BCUT2D eigenvalue weighted by molar-refractivity contribution is 0.0994. The van der Waals surface area contributed by atoms with Crippen molar-refractivity contribution in [1.82, 2.24) is 9.80 Å². The van der Waals surface area contributed by atoms with E-state index in [1.807, 2.05) is 0 Å². The summed E-state index contributed by atoms with van der Waals surface area (Å²) in [5, 5.41) is 1.11. The molecule has 0 aromatic heterocycles. The van der Waals surface area contributed by atoms with Crippen molar-refractivity contribution in [2.45, 2.75) is 46.6 Å². The Morgan fingerprint density at radius 2 is 1.83 bits per heavy atom. The van der Waals surface area contributed by atoms with Crippen molar-refractivity contribution in [3.8, 4) is 0 Å². The van der Waals surface area contributed by atoms with Crippen molar-refractivity contribution < 1.29 is 0 Å². The normalized spacial score (nSPS) is 21.5. The fraction of sp³-hybridized carbons (Fsp3) is 1.00. The molecule has 18 heavy (non-hydrogen) atoms. The maximum Gasteiger partial charge on any atom is 0.0117 e. The average molecular weight is 319 g/mol. The molecule has 3 heteroatoms. The Labute approximate surface area is 122 Å². The van der Waals surface area contributed by atoms with E-state index < -0.39 is 0 Å². The maximum absolute atomic E-state index is 3.69. The van der Waals surface area contributed by atoms with Gasteiger partial charge in [0.05, 0.1) is 0 Å². The minimum Gasteiger partial charge on any atom is -0.303 e. The van der Waals surface area contributed by atoms with Gasteiger partial charge < -0.3 is 9.80 Å². The standard InChI is InChI=1S/C15H31BrN2/c1-6-18-9-7-14(8-10-18)17(5)12-13(11-16)15(2,3)4/h13-14H,6-12H2,1-5H3. The molecule has 2 nitrogen and oxygen atoms in total. The van der Waals surface area contributed by atoms with Crippen molar-refractivity contribution in [2.75, 3.05) is 38.6 Å². The Bertz CT molecular complexity index is 229. The SMILES string of the molecule is CCN1CCC(N(C)CC(CBr)C(C)(C)C)CC1. The lowest BCUT2D eigenvalue weighted by Gasteiger charge is -2.40. The molecule has 1 aliphatic rings. The van der Waals surface area contributed by atoms with E-state index in [9.17, 15) is 0 Å². The summed E-state index contributed by atoms with van der Waals surface area (Å²) in [6.07, 6.45) is 2.67. The Morgan fingerprint density at radius 3 is 2.22 bits per heavy atom. The summed E-state index contributed by atoms with van der Waals surface area (Å²) in [5.41, 5.74) is 0.391. The zero-order chi connectivity index (χ0) is 13.8. The van der Waals surface area contributed by atoms with Gasteiger partial charge in [-0.25, -0.2) is 0 Å². The molecule has 0 aliphatic carbocycles.